The van der Waals surface area contributed by atoms with Gasteiger partial charge in [-0.1, -0.05) is 12.1 Å². The first kappa shape index (κ1) is 17.9. The fourth-order valence-corrected chi connectivity index (χ4v) is 3.10. The largest absolute Gasteiger partial charge is 0.380 e. The van der Waals surface area contributed by atoms with Crippen molar-refractivity contribution in [3.05, 3.63) is 69.8 Å². The van der Waals surface area contributed by atoms with Crippen molar-refractivity contribution >= 4 is 17.3 Å². The minimum Gasteiger partial charge on any atom is -0.380 e. The third-order valence-electron chi connectivity index (χ3n) is 4.48. The SMILES string of the molecule is COCc1cccc(C(=O)N2CCN(c3ccc([N+](=O)[O-])cc3)CC2)c1. The number of hydrogen-bond acceptors (Lipinski definition) is 5. The van der Waals surface area contributed by atoms with E-state index in [0.717, 1.165) is 11.3 Å². The molecule has 0 saturated carbocycles. The number of nitrogens with zero attached hydrogens (tertiary/aromatic N) is 3. The highest BCUT2D eigenvalue weighted by molar-refractivity contribution is 5.94. The molecule has 1 aliphatic heterocycles. The normalized spacial score (nSPS) is 14.3. The van der Waals surface area contributed by atoms with Crippen molar-refractivity contribution in [1.82, 2.24) is 4.90 Å². The first-order valence-corrected chi connectivity index (χ1v) is 8.45. The Bertz CT molecular complexity index is 784. The molecule has 136 valence electrons. The summed E-state index contributed by atoms with van der Waals surface area (Å²) in [4.78, 5) is 27.0. The van der Waals surface area contributed by atoms with E-state index in [1.807, 2.05) is 29.2 Å². The molecule has 1 fully saturated rings. The molecule has 0 atom stereocenters. The average molecular weight is 355 g/mol. The first-order valence-electron chi connectivity index (χ1n) is 8.45. The Morgan fingerprint density at radius 2 is 1.81 bits per heavy atom. The van der Waals surface area contributed by atoms with E-state index < -0.39 is 4.92 Å². The lowest BCUT2D eigenvalue weighted by molar-refractivity contribution is -0.384. The van der Waals surface area contributed by atoms with Gasteiger partial charge in [0, 0.05) is 56.7 Å². The quantitative estimate of drug-likeness (QED) is 0.609. The maximum Gasteiger partial charge on any atom is 0.269 e. The number of rotatable bonds is 5. The average Bonchev–Trinajstić information content (AvgIpc) is 2.68. The predicted molar refractivity (Wildman–Crippen MR) is 98.4 cm³/mol. The third kappa shape index (κ3) is 4.00. The van der Waals surface area contributed by atoms with E-state index in [1.165, 1.54) is 12.1 Å². The van der Waals surface area contributed by atoms with Crippen molar-refractivity contribution in [3.8, 4) is 0 Å². The van der Waals surface area contributed by atoms with Gasteiger partial charge in [-0.25, -0.2) is 0 Å². The number of methoxy groups -OCH3 is 1. The van der Waals surface area contributed by atoms with Crippen LogP contribution in [0.25, 0.3) is 0 Å². The van der Waals surface area contributed by atoms with Crippen LogP contribution >= 0.6 is 0 Å². The monoisotopic (exact) mass is 355 g/mol. The number of carbonyl (C=O) groups excluding carboxylic acids is 1. The summed E-state index contributed by atoms with van der Waals surface area (Å²) < 4.78 is 5.12. The van der Waals surface area contributed by atoms with E-state index >= 15 is 0 Å². The summed E-state index contributed by atoms with van der Waals surface area (Å²) in [6.45, 7) is 3.10. The lowest BCUT2D eigenvalue weighted by atomic mass is 10.1. The number of amides is 1. The molecule has 1 saturated heterocycles. The van der Waals surface area contributed by atoms with Crippen molar-refractivity contribution in [1.29, 1.82) is 0 Å². The number of ether oxygens (including phenoxy) is 1. The Kier molecular flexibility index (Phi) is 5.48. The van der Waals surface area contributed by atoms with Gasteiger partial charge in [0.25, 0.3) is 11.6 Å². The second-order valence-electron chi connectivity index (χ2n) is 6.19. The summed E-state index contributed by atoms with van der Waals surface area (Å²) >= 11 is 0. The highest BCUT2D eigenvalue weighted by Gasteiger charge is 2.22. The second-order valence-corrected chi connectivity index (χ2v) is 6.19. The molecule has 26 heavy (non-hydrogen) atoms. The third-order valence-corrected chi connectivity index (χ3v) is 4.48. The van der Waals surface area contributed by atoms with Gasteiger partial charge in [0.15, 0.2) is 0 Å². The number of piperazine rings is 1. The lowest BCUT2D eigenvalue weighted by Crippen LogP contribution is -2.48. The number of benzene rings is 2. The zero-order chi connectivity index (χ0) is 18.5. The van der Waals surface area contributed by atoms with Crippen LogP contribution in [-0.2, 0) is 11.3 Å². The van der Waals surface area contributed by atoms with E-state index in [4.69, 9.17) is 4.74 Å². The highest BCUT2D eigenvalue weighted by Crippen LogP contribution is 2.21. The number of carbonyl (C=O) groups is 1. The minimum atomic E-state index is -0.405. The lowest BCUT2D eigenvalue weighted by Gasteiger charge is -2.36. The fourth-order valence-electron chi connectivity index (χ4n) is 3.10. The molecule has 0 N–H and O–H groups in total. The van der Waals surface area contributed by atoms with Crippen molar-refractivity contribution in [2.75, 3.05) is 38.2 Å². The zero-order valence-corrected chi connectivity index (χ0v) is 14.6. The minimum absolute atomic E-state index is 0.0197. The Morgan fingerprint density at radius 3 is 2.42 bits per heavy atom. The van der Waals surface area contributed by atoms with Crippen LogP contribution in [0.1, 0.15) is 15.9 Å². The number of hydrogen-bond donors (Lipinski definition) is 0. The molecule has 0 bridgehead atoms. The molecular weight excluding hydrogens is 334 g/mol. The van der Waals surface area contributed by atoms with Crippen LogP contribution in [0.3, 0.4) is 0 Å². The van der Waals surface area contributed by atoms with Gasteiger partial charge >= 0.3 is 0 Å². The van der Waals surface area contributed by atoms with Gasteiger partial charge in [0.2, 0.25) is 0 Å². The predicted octanol–water partition coefficient (Wildman–Crippen LogP) is 2.70. The topological polar surface area (TPSA) is 75.9 Å². The fraction of sp³-hybridized carbons (Fsp3) is 0.316. The van der Waals surface area contributed by atoms with Crippen LogP contribution in [-0.4, -0.2) is 49.0 Å². The van der Waals surface area contributed by atoms with Gasteiger partial charge in [-0.3, -0.25) is 14.9 Å². The van der Waals surface area contributed by atoms with Crippen LogP contribution < -0.4 is 4.90 Å². The number of non-ortho nitro benzene ring substituents is 1. The number of nitro groups is 1. The Hall–Kier alpha value is -2.93. The van der Waals surface area contributed by atoms with Gasteiger partial charge < -0.3 is 14.5 Å². The Morgan fingerprint density at radius 1 is 1.12 bits per heavy atom. The molecule has 0 spiro atoms. The van der Waals surface area contributed by atoms with E-state index in [2.05, 4.69) is 4.90 Å². The number of anilines is 1. The Labute approximate surface area is 151 Å². The zero-order valence-electron chi connectivity index (χ0n) is 14.6. The maximum absolute atomic E-state index is 12.7. The van der Waals surface area contributed by atoms with E-state index in [0.29, 0.717) is 38.3 Å². The molecular formula is C19H21N3O4. The molecule has 1 heterocycles. The number of nitro benzene ring substituents is 1. The van der Waals surface area contributed by atoms with Gasteiger partial charge in [-0.15, -0.1) is 0 Å². The summed E-state index contributed by atoms with van der Waals surface area (Å²) in [6.07, 6.45) is 0. The molecule has 3 rings (SSSR count). The van der Waals surface area contributed by atoms with Crippen molar-refractivity contribution in [2.24, 2.45) is 0 Å². The molecule has 0 aromatic heterocycles. The van der Waals surface area contributed by atoms with Crippen LogP contribution in [0.15, 0.2) is 48.5 Å². The van der Waals surface area contributed by atoms with Crippen molar-refractivity contribution < 1.29 is 14.5 Å². The summed E-state index contributed by atoms with van der Waals surface area (Å²) in [7, 11) is 1.63. The van der Waals surface area contributed by atoms with Gasteiger partial charge in [0.05, 0.1) is 11.5 Å². The van der Waals surface area contributed by atoms with Gasteiger partial charge in [-0.2, -0.15) is 0 Å². The summed E-state index contributed by atoms with van der Waals surface area (Å²) in [5.74, 6) is 0.0197. The Balaban J connectivity index is 1.61. The molecule has 7 nitrogen and oxygen atoms in total. The molecule has 2 aromatic rings. The second kappa shape index (κ2) is 7.97. The molecule has 0 aliphatic carbocycles. The maximum atomic E-state index is 12.7. The standard InChI is InChI=1S/C19H21N3O4/c1-26-14-15-3-2-4-16(13-15)19(23)21-11-9-20(10-12-21)17-5-7-18(8-6-17)22(24)25/h2-8,13H,9-12,14H2,1H3. The summed E-state index contributed by atoms with van der Waals surface area (Å²) in [5.41, 5.74) is 2.66. The van der Waals surface area contributed by atoms with E-state index in [9.17, 15) is 14.9 Å². The van der Waals surface area contributed by atoms with Crippen LogP contribution in [0.5, 0.6) is 0 Å². The van der Waals surface area contributed by atoms with Crippen LogP contribution in [0, 0.1) is 10.1 Å². The summed E-state index contributed by atoms with van der Waals surface area (Å²) in [6, 6.07) is 14.0. The van der Waals surface area contributed by atoms with Gasteiger partial charge in [-0.05, 0) is 29.8 Å². The smallest absolute Gasteiger partial charge is 0.269 e. The molecule has 0 unspecified atom stereocenters. The molecule has 1 amide bonds. The first-order chi connectivity index (χ1) is 12.6. The molecule has 2 aromatic carbocycles. The molecule has 1 aliphatic rings. The van der Waals surface area contributed by atoms with Crippen LogP contribution in [0.2, 0.25) is 0 Å². The highest BCUT2D eigenvalue weighted by atomic mass is 16.6. The van der Waals surface area contributed by atoms with Gasteiger partial charge in [0.1, 0.15) is 0 Å². The molecule has 7 heteroatoms. The van der Waals surface area contributed by atoms with Crippen molar-refractivity contribution in [2.45, 2.75) is 6.61 Å². The van der Waals surface area contributed by atoms with E-state index in [-0.39, 0.29) is 11.6 Å². The summed E-state index contributed by atoms with van der Waals surface area (Å²) in [5, 5.41) is 10.7. The van der Waals surface area contributed by atoms with Crippen molar-refractivity contribution in [3.63, 3.8) is 0 Å². The molecule has 0 radical (unpaired) electrons. The van der Waals surface area contributed by atoms with E-state index in [1.54, 1.807) is 19.2 Å². The van der Waals surface area contributed by atoms with Crippen LogP contribution in [0.4, 0.5) is 11.4 Å².